The van der Waals surface area contributed by atoms with Gasteiger partial charge in [0.25, 0.3) is 0 Å². The number of benzene rings is 1. The van der Waals surface area contributed by atoms with Crippen molar-refractivity contribution in [2.75, 3.05) is 6.54 Å². The molecule has 1 fully saturated rings. The van der Waals surface area contributed by atoms with E-state index in [0.29, 0.717) is 17.6 Å². The lowest BCUT2D eigenvalue weighted by atomic mass is 9.79. The zero-order valence-electron chi connectivity index (χ0n) is 11.2. The van der Waals surface area contributed by atoms with Gasteiger partial charge in [-0.3, -0.25) is 4.79 Å². The van der Waals surface area contributed by atoms with Crippen LogP contribution in [0.2, 0.25) is 0 Å². The van der Waals surface area contributed by atoms with E-state index >= 15 is 0 Å². The summed E-state index contributed by atoms with van der Waals surface area (Å²) in [7, 11) is 0. The van der Waals surface area contributed by atoms with E-state index in [1.54, 1.807) is 6.07 Å². The van der Waals surface area contributed by atoms with E-state index < -0.39 is 5.97 Å². The summed E-state index contributed by atoms with van der Waals surface area (Å²) in [5.74, 6) is -1.02. The molecule has 1 aromatic rings. The number of hydrogen-bond donors (Lipinski definition) is 2. The minimum absolute atomic E-state index is 0.182. The van der Waals surface area contributed by atoms with E-state index in [4.69, 9.17) is 0 Å². The molecule has 5 heteroatoms. The maximum atomic E-state index is 13.4. The molecule has 1 saturated carbocycles. The van der Waals surface area contributed by atoms with Crippen LogP contribution in [0, 0.1) is 17.7 Å². The molecule has 0 amide bonds. The summed E-state index contributed by atoms with van der Waals surface area (Å²) < 4.78 is 13.8. The van der Waals surface area contributed by atoms with Gasteiger partial charge in [-0.2, -0.15) is 0 Å². The van der Waals surface area contributed by atoms with Crippen molar-refractivity contribution in [2.24, 2.45) is 11.8 Å². The summed E-state index contributed by atoms with van der Waals surface area (Å²) in [6.45, 7) is 1.24. The van der Waals surface area contributed by atoms with E-state index in [1.165, 1.54) is 6.07 Å². The summed E-state index contributed by atoms with van der Waals surface area (Å²) in [5, 5.41) is 12.5. The molecule has 0 radical (unpaired) electrons. The predicted molar refractivity (Wildman–Crippen MR) is 78.9 cm³/mol. The minimum atomic E-state index is -0.689. The summed E-state index contributed by atoms with van der Waals surface area (Å²) in [5.41, 5.74) is 0.869. The summed E-state index contributed by atoms with van der Waals surface area (Å²) in [6.07, 6.45) is 3.84. The monoisotopic (exact) mass is 343 g/mol. The summed E-state index contributed by atoms with van der Waals surface area (Å²) >= 11 is 3.12. The van der Waals surface area contributed by atoms with Crippen LogP contribution in [0.15, 0.2) is 22.7 Å². The fraction of sp³-hybridized carbons (Fsp3) is 0.533. The lowest BCUT2D eigenvalue weighted by Gasteiger charge is -2.28. The normalized spacial score (nSPS) is 22.7. The molecule has 0 bridgehead atoms. The number of carboxylic acids is 1. The topological polar surface area (TPSA) is 49.3 Å². The SMILES string of the molecule is O=C(O)C1CCCCC1CNCc1ccc(Br)c(F)c1. The zero-order chi connectivity index (χ0) is 14.5. The summed E-state index contributed by atoms with van der Waals surface area (Å²) in [4.78, 5) is 11.2. The maximum Gasteiger partial charge on any atom is 0.306 e. The van der Waals surface area contributed by atoms with Gasteiger partial charge in [-0.15, -0.1) is 0 Å². The van der Waals surface area contributed by atoms with Gasteiger partial charge in [0.1, 0.15) is 5.82 Å². The Balaban J connectivity index is 1.85. The molecule has 20 heavy (non-hydrogen) atoms. The molecule has 0 aliphatic heterocycles. The van der Waals surface area contributed by atoms with E-state index in [0.717, 1.165) is 31.2 Å². The summed E-state index contributed by atoms with van der Waals surface area (Å²) in [6, 6.07) is 5.04. The average molecular weight is 344 g/mol. The average Bonchev–Trinajstić information content (AvgIpc) is 2.43. The minimum Gasteiger partial charge on any atom is -0.481 e. The lowest BCUT2D eigenvalue weighted by Crippen LogP contribution is -2.34. The Kier molecular flexibility index (Phi) is 5.54. The van der Waals surface area contributed by atoms with Crippen molar-refractivity contribution in [1.82, 2.24) is 5.32 Å². The molecule has 2 N–H and O–H groups in total. The van der Waals surface area contributed by atoms with Crippen LogP contribution < -0.4 is 5.32 Å². The van der Waals surface area contributed by atoms with Gasteiger partial charge in [0.05, 0.1) is 10.4 Å². The number of nitrogens with one attached hydrogen (secondary N) is 1. The fourth-order valence-corrected chi connectivity index (χ4v) is 3.08. The maximum absolute atomic E-state index is 13.4. The van der Waals surface area contributed by atoms with Crippen LogP contribution in [0.4, 0.5) is 4.39 Å². The zero-order valence-corrected chi connectivity index (χ0v) is 12.8. The van der Waals surface area contributed by atoms with Crippen LogP contribution in [0.1, 0.15) is 31.2 Å². The van der Waals surface area contributed by atoms with Gasteiger partial charge in [0.15, 0.2) is 0 Å². The third-order valence-electron chi connectivity index (χ3n) is 3.95. The molecule has 0 spiro atoms. The molecular weight excluding hydrogens is 325 g/mol. The molecule has 0 heterocycles. The van der Waals surface area contributed by atoms with Crippen LogP contribution in [0.3, 0.4) is 0 Å². The highest BCUT2D eigenvalue weighted by atomic mass is 79.9. The van der Waals surface area contributed by atoms with Crippen LogP contribution >= 0.6 is 15.9 Å². The van der Waals surface area contributed by atoms with Gasteiger partial charge in [-0.25, -0.2) is 4.39 Å². The molecule has 0 saturated heterocycles. The number of rotatable bonds is 5. The second-order valence-electron chi connectivity index (χ2n) is 5.37. The van der Waals surface area contributed by atoms with Crippen LogP contribution in [-0.2, 0) is 11.3 Å². The number of hydrogen-bond acceptors (Lipinski definition) is 2. The third-order valence-corrected chi connectivity index (χ3v) is 4.59. The number of carbonyl (C=O) groups is 1. The Morgan fingerprint density at radius 3 is 2.85 bits per heavy atom. The first kappa shape index (κ1) is 15.4. The largest absolute Gasteiger partial charge is 0.481 e. The van der Waals surface area contributed by atoms with Gasteiger partial charge < -0.3 is 10.4 Å². The van der Waals surface area contributed by atoms with Crippen molar-refractivity contribution in [1.29, 1.82) is 0 Å². The van der Waals surface area contributed by atoms with Crippen molar-refractivity contribution < 1.29 is 14.3 Å². The molecule has 0 aromatic heterocycles. The molecular formula is C15H19BrFNO2. The van der Waals surface area contributed by atoms with Crippen molar-refractivity contribution in [2.45, 2.75) is 32.2 Å². The van der Waals surface area contributed by atoms with E-state index in [2.05, 4.69) is 21.2 Å². The molecule has 3 nitrogen and oxygen atoms in total. The molecule has 1 aliphatic rings. The van der Waals surface area contributed by atoms with Crippen molar-refractivity contribution in [3.63, 3.8) is 0 Å². The van der Waals surface area contributed by atoms with E-state index in [1.807, 2.05) is 6.07 Å². The van der Waals surface area contributed by atoms with Gasteiger partial charge in [0.2, 0.25) is 0 Å². The quantitative estimate of drug-likeness (QED) is 0.859. The number of halogens is 2. The Bertz CT molecular complexity index is 481. The van der Waals surface area contributed by atoms with Crippen molar-refractivity contribution in [3.8, 4) is 0 Å². The first-order valence-corrected chi connectivity index (χ1v) is 7.74. The predicted octanol–water partition coefficient (Wildman–Crippen LogP) is 3.57. The highest BCUT2D eigenvalue weighted by molar-refractivity contribution is 9.10. The standard InChI is InChI=1S/C15H19BrFNO2/c16-13-6-5-10(7-14(13)17)8-18-9-11-3-1-2-4-12(11)15(19)20/h5-7,11-12,18H,1-4,8-9H2,(H,19,20). The van der Waals surface area contributed by atoms with Crippen molar-refractivity contribution in [3.05, 3.63) is 34.1 Å². The Labute approximate surface area is 126 Å². The van der Waals surface area contributed by atoms with Gasteiger partial charge >= 0.3 is 5.97 Å². The van der Waals surface area contributed by atoms with Gasteiger partial charge in [-0.05, 0) is 58.9 Å². The van der Waals surface area contributed by atoms with Crippen LogP contribution in [0.25, 0.3) is 0 Å². The van der Waals surface area contributed by atoms with E-state index in [-0.39, 0.29) is 17.7 Å². The fourth-order valence-electron chi connectivity index (χ4n) is 2.83. The molecule has 2 atom stereocenters. The second kappa shape index (κ2) is 7.18. The van der Waals surface area contributed by atoms with Gasteiger partial charge in [0, 0.05) is 6.54 Å². The third kappa shape index (κ3) is 4.03. The van der Waals surface area contributed by atoms with Crippen LogP contribution in [-0.4, -0.2) is 17.6 Å². The first-order valence-electron chi connectivity index (χ1n) is 6.95. The Morgan fingerprint density at radius 2 is 2.15 bits per heavy atom. The van der Waals surface area contributed by atoms with Crippen LogP contribution in [0.5, 0.6) is 0 Å². The molecule has 2 rings (SSSR count). The molecule has 1 aliphatic carbocycles. The Morgan fingerprint density at radius 1 is 1.40 bits per heavy atom. The van der Waals surface area contributed by atoms with E-state index in [9.17, 15) is 14.3 Å². The highest BCUT2D eigenvalue weighted by Crippen LogP contribution is 2.29. The Hall–Kier alpha value is -0.940. The molecule has 110 valence electrons. The highest BCUT2D eigenvalue weighted by Gasteiger charge is 2.30. The lowest BCUT2D eigenvalue weighted by molar-refractivity contribution is -0.144. The second-order valence-corrected chi connectivity index (χ2v) is 6.22. The number of carboxylic acid groups (broad SMARTS) is 1. The first-order chi connectivity index (χ1) is 9.58. The number of aliphatic carboxylic acids is 1. The molecule has 1 aromatic carbocycles. The smallest absolute Gasteiger partial charge is 0.306 e. The molecule has 2 unspecified atom stereocenters. The van der Waals surface area contributed by atoms with Gasteiger partial charge in [-0.1, -0.05) is 18.9 Å². The van der Waals surface area contributed by atoms with Crippen molar-refractivity contribution >= 4 is 21.9 Å².